The zero-order valence-electron chi connectivity index (χ0n) is 16.4. The van der Waals surface area contributed by atoms with E-state index < -0.39 is 5.60 Å². The third kappa shape index (κ3) is 7.49. The van der Waals surface area contributed by atoms with E-state index in [1.54, 1.807) is 6.08 Å². The highest BCUT2D eigenvalue weighted by atomic mass is 19.1. The zero-order chi connectivity index (χ0) is 18.1. The standard InChI is InChI=1S/C21H36FNO2/c1-4-23(16-18-10-6-5-7-11-18)14-15-24-17-21(2,3)25-20-13-9-8-12-19(20)22/h9,13,18H,4-8,10-12,14-17H2,1-3H3. The Balaban J connectivity index is 1.66. The lowest BCUT2D eigenvalue weighted by molar-refractivity contribution is -0.0455. The molecule has 0 bridgehead atoms. The number of rotatable bonds is 10. The van der Waals surface area contributed by atoms with Crippen LogP contribution in [-0.2, 0) is 9.47 Å². The fraction of sp³-hybridized carbons (Fsp3) is 0.810. The summed E-state index contributed by atoms with van der Waals surface area (Å²) in [5.74, 6) is 1.08. The number of hydrogen-bond donors (Lipinski definition) is 0. The first-order valence-electron chi connectivity index (χ1n) is 10.0. The van der Waals surface area contributed by atoms with Gasteiger partial charge >= 0.3 is 0 Å². The van der Waals surface area contributed by atoms with Gasteiger partial charge in [0, 0.05) is 19.5 Å². The molecule has 1 fully saturated rings. The molecule has 0 atom stereocenters. The van der Waals surface area contributed by atoms with Gasteiger partial charge < -0.3 is 14.4 Å². The van der Waals surface area contributed by atoms with Crippen LogP contribution in [0.4, 0.5) is 4.39 Å². The quantitative estimate of drug-likeness (QED) is 0.502. The number of ether oxygens (including phenoxy) is 2. The van der Waals surface area contributed by atoms with Crippen LogP contribution in [-0.4, -0.2) is 43.3 Å². The van der Waals surface area contributed by atoms with E-state index in [0.29, 0.717) is 25.4 Å². The summed E-state index contributed by atoms with van der Waals surface area (Å²) in [7, 11) is 0. The molecule has 2 aliphatic rings. The van der Waals surface area contributed by atoms with E-state index in [9.17, 15) is 4.39 Å². The SMILES string of the molecule is CCN(CCOCC(C)(C)OC1=C(F)CCC=C1)CC1CCCCC1. The number of halogens is 1. The van der Waals surface area contributed by atoms with Gasteiger partial charge in [-0.15, -0.1) is 0 Å². The van der Waals surface area contributed by atoms with E-state index in [-0.39, 0.29) is 5.83 Å². The molecule has 3 nitrogen and oxygen atoms in total. The Labute approximate surface area is 153 Å². The first-order chi connectivity index (χ1) is 12.0. The lowest BCUT2D eigenvalue weighted by atomic mass is 9.89. The largest absolute Gasteiger partial charge is 0.483 e. The van der Waals surface area contributed by atoms with Crippen molar-refractivity contribution in [3.8, 4) is 0 Å². The van der Waals surface area contributed by atoms with Crippen molar-refractivity contribution in [3.63, 3.8) is 0 Å². The van der Waals surface area contributed by atoms with Crippen LogP contribution in [0.25, 0.3) is 0 Å². The topological polar surface area (TPSA) is 21.7 Å². The van der Waals surface area contributed by atoms with Gasteiger partial charge in [0.25, 0.3) is 0 Å². The van der Waals surface area contributed by atoms with Crippen LogP contribution in [0, 0.1) is 5.92 Å². The third-order valence-corrected chi connectivity index (χ3v) is 5.14. The van der Waals surface area contributed by atoms with Gasteiger partial charge in [-0.05, 0) is 51.6 Å². The zero-order valence-corrected chi connectivity index (χ0v) is 16.4. The fourth-order valence-electron chi connectivity index (χ4n) is 3.66. The molecule has 0 N–H and O–H groups in total. The molecule has 0 radical (unpaired) electrons. The van der Waals surface area contributed by atoms with Gasteiger partial charge in [-0.2, -0.15) is 0 Å². The van der Waals surface area contributed by atoms with Gasteiger partial charge in [-0.1, -0.05) is 32.3 Å². The van der Waals surface area contributed by atoms with Gasteiger partial charge in [0.2, 0.25) is 0 Å². The van der Waals surface area contributed by atoms with Gasteiger partial charge in [0.1, 0.15) is 11.4 Å². The van der Waals surface area contributed by atoms with E-state index in [1.165, 1.54) is 38.6 Å². The molecule has 4 heteroatoms. The summed E-state index contributed by atoms with van der Waals surface area (Å²) >= 11 is 0. The second kappa shape index (κ2) is 10.3. The monoisotopic (exact) mass is 353 g/mol. The Morgan fingerprint density at radius 1 is 1.24 bits per heavy atom. The molecule has 25 heavy (non-hydrogen) atoms. The summed E-state index contributed by atoms with van der Waals surface area (Å²) in [6.07, 6.45) is 11.9. The molecule has 0 heterocycles. The maximum Gasteiger partial charge on any atom is 0.151 e. The minimum Gasteiger partial charge on any atom is -0.483 e. The van der Waals surface area contributed by atoms with Crippen LogP contribution < -0.4 is 0 Å². The van der Waals surface area contributed by atoms with E-state index in [1.807, 2.05) is 19.9 Å². The highest BCUT2D eigenvalue weighted by molar-refractivity contribution is 5.21. The summed E-state index contributed by atoms with van der Waals surface area (Å²) in [6.45, 7) is 10.5. The molecule has 0 aromatic rings. The summed E-state index contributed by atoms with van der Waals surface area (Å²) < 4.78 is 25.5. The molecule has 0 saturated heterocycles. The molecule has 2 rings (SSSR count). The maximum absolute atomic E-state index is 13.8. The summed E-state index contributed by atoms with van der Waals surface area (Å²) in [5.41, 5.74) is -0.519. The minimum absolute atomic E-state index is 0.153. The molecule has 0 spiro atoms. The highest BCUT2D eigenvalue weighted by Gasteiger charge is 2.23. The molecule has 0 aromatic heterocycles. The molecule has 0 unspecified atom stereocenters. The summed E-state index contributed by atoms with van der Waals surface area (Å²) in [6, 6.07) is 0. The van der Waals surface area contributed by atoms with E-state index in [0.717, 1.165) is 25.4 Å². The average molecular weight is 354 g/mol. The van der Waals surface area contributed by atoms with Crippen LogP contribution in [0.1, 0.15) is 65.7 Å². The second-order valence-corrected chi connectivity index (χ2v) is 8.02. The summed E-state index contributed by atoms with van der Waals surface area (Å²) in [4.78, 5) is 2.50. The molecule has 2 aliphatic carbocycles. The fourth-order valence-corrected chi connectivity index (χ4v) is 3.66. The highest BCUT2D eigenvalue weighted by Crippen LogP contribution is 2.26. The summed E-state index contributed by atoms with van der Waals surface area (Å²) in [5, 5.41) is 0. The Hall–Kier alpha value is -0.870. The number of likely N-dealkylation sites (N-methyl/N-ethyl adjacent to an activating group) is 1. The van der Waals surface area contributed by atoms with Crippen molar-refractivity contribution in [1.29, 1.82) is 0 Å². The van der Waals surface area contributed by atoms with Crippen LogP contribution in [0.15, 0.2) is 23.7 Å². The molecule has 0 aliphatic heterocycles. The lowest BCUT2D eigenvalue weighted by Crippen LogP contribution is -2.35. The van der Waals surface area contributed by atoms with Crippen LogP contribution in [0.3, 0.4) is 0 Å². The van der Waals surface area contributed by atoms with Crippen LogP contribution in [0.2, 0.25) is 0 Å². The minimum atomic E-state index is -0.519. The molecule has 0 amide bonds. The van der Waals surface area contributed by atoms with Gasteiger partial charge in [0.15, 0.2) is 5.76 Å². The van der Waals surface area contributed by atoms with Crippen molar-refractivity contribution in [3.05, 3.63) is 23.7 Å². The van der Waals surface area contributed by atoms with Crippen molar-refractivity contribution in [2.24, 2.45) is 5.92 Å². The average Bonchev–Trinajstić information content (AvgIpc) is 2.60. The normalized spacial score (nSPS) is 19.7. The van der Waals surface area contributed by atoms with Crippen molar-refractivity contribution in [1.82, 2.24) is 4.90 Å². The van der Waals surface area contributed by atoms with Gasteiger partial charge in [-0.3, -0.25) is 0 Å². The van der Waals surface area contributed by atoms with Crippen molar-refractivity contribution in [2.45, 2.75) is 71.3 Å². The third-order valence-electron chi connectivity index (χ3n) is 5.14. The Morgan fingerprint density at radius 3 is 2.68 bits per heavy atom. The Bertz CT molecular complexity index is 453. The predicted octanol–water partition coefficient (Wildman–Crippen LogP) is 5.23. The van der Waals surface area contributed by atoms with Crippen molar-refractivity contribution >= 4 is 0 Å². The van der Waals surface area contributed by atoms with Crippen molar-refractivity contribution < 1.29 is 13.9 Å². The maximum atomic E-state index is 13.8. The number of nitrogens with zero attached hydrogens (tertiary/aromatic N) is 1. The first kappa shape index (κ1) is 20.4. The van der Waals surface area contributed by atoms with E-state index >= 15 is 0 Å². The number of hydrogen-bond acceptors (Lipinski definition) is 3. The molecule has 144 valence electrons. The molecule has 0 aromatic carbocycles. The van der Waals surface area contributed by atoms with Gasteiger partial charge in [-0.25, -0.2) is 4.39 Å². The van der Waals surface area contributed by atoms with Gasteiger partial charge in [0.05, 0.1) is 13.2 Å². The van der Waals surface area contributed by atoms with E-state index in [2.05, 4.69) is 11.8 Å². The van der Waals surface area contributed by atoms with Crippen molar-refractivity contribution in [2.75, 3.05) is 32.8 Å². The number of allylic oxidation sites excluding steroid dienone is 3. The molecular weight excluding hydrogens is 317 g/mol. The Kier molecular flexibility index (Phi) is 8.44. The second-order valence-electron chi connectivity index (χ2n) is 8.02. The van der Waals surface area contributed by atoms with Crippen LogP contribution in [0.5, 0.6) is 0 Å². The van der Waals surface area contributed by atoms with E-state index in [4.69, 9.17) is 9.47 Å². The lowest BCUT2D eigenvalue weighted by Gasteiger charge is -2.30. The Morgan fingerprint density at radius 2 is 2.00 bits per heavy atom. The smallest absolute Gasteiger partial charge is 0.151 e. The van der Waals surface area contributed by atoms with Crippen LogP contribution >= 0.6 is 0 Å². The molecular formula is C21H36FNO2. The molecule has 1 saturated carbocycles. The first-order valence-corrected chi connectivity index (χ1v) is 10.0. The predicted molar refractivity (Wildman–Crippen MR) is 101 cm³/mol.